The van der Waals surface area contributed by atoms with E-state index in [0.29, 0.717) is 0 Å². The number of para-hydroxylation sites is 1. The number of rotatable bonds is 3. The number of hydrogen-bond donors (Lipinski definition) is 0. The molecule has 0 spiro atoms. The summed E-state index contributed by atoms with van der Waals surface area (Å²) in [6, 6.07) is 7.59. The summed E-state index contributed by atoms with van der Waals surface area (Å²) >= 11 is 0. The first kappa shape index (κ1) is 10.6. The van der Waals surface area contributed by atoms with Gasteiger partial charge in [-0.15, -0.1) is 0 Å². The van der Waals surface area contributed by atoms with E-state index in [9.17, 15) is 4.79 Å². The number of benzene rings is 1. The largest absolute Gasteiger partial charge is 0.306 e. The quantitative estimate of drug-likeness (QED) is 0.736. The van der Waals surface area contributed by atoms with Crippen LogP contribution in [0.5, 0.6) is 0 Å². The monoisotopic (exact) mass is 214 g/mol. The van der Waals surface area contributed by atoms with Crippen LogP contribution < -0.4 is 0 Å². The minimum atomic E-state index is 0.00433. The SMILES string of the molecule is CC(C)C(=O)c1ccccc1-n1ccnc1. The van der Waals surface area contributed by atoms with Crippen molar-refractivity contribution in [3.05, 3.63) is 48.5 Å². The van der Waals surface area contributed by atoms with E-state index in [2.05, 4.69) is 4.98 Å². The van der Waals surface area contributed by atoms with Crippen LogP contribution >= 0.6 is 0 Å². The van der Waals surface area contributed by atoms with Crippen molar-refractivity contribution < 1.29 is 4.79 Å². The molecule has 0 saturated carbocycles. The lowest BCUT2D eigenvalue weighted by molar-refractivity contribution is 0.0939. The molecular formula is C13H14N2O. The number of carbonyl (C=O) groups is 1. The Morgan fingerprint density at radius 3 is 2.69 bits per heavy atom. The van der Waals surface area contributed by atoms with Crippen LogP contribution in [-0.2, 0) is 0 Å². The van der Waals surface area contributed by atoms with Gasteiger partial charge in [0, 0.05) is 23.9 Å². The van der Waals surface area contributed by atoms with Crippen LogP contribution in [0.25, 0.3) is 5.69 Å². The molecule has 3 nitrogen and oxygen atoms in total. The van der Waals surface area contributed by atoms with E-state index in [-0.39, 0.29) is 11.7 Å². The van der Waals surface area contributed by atoms with Crippen LogP contribution in [0.3, 0.4) is 0 Å². The molecule has 0 aliphatic rings. The molecule has 0 N–H and O–H groups in total. The van der Waals surface area contributed by atoms with Crippen molar-refractivity contribution in [2.75, 3.05) is 0 Å². The average molecular weight is 214 g/mol. The summed E-state index contributed by atoms with van der Waals surface area (Å²) in [7, 11) is 0. The van der Waals surface area contributed by atoms with Gasteiger partial charge in [0.15, 0.2) is 5.78 Å². The molecule has 0 bridgehead atoms. The second kappa shape index (κ2) is 4.31. The standard InChI is InChI=1S/C13H14N2O/c1-10(2)13(16)11-5-3-4-6-12(11)15-8-7-14-9-15/h3-10H,1-2H3. The molecule has 1 heterocycles. The Bertz CT molecular complexity index is 486. The highest BCUT2D eigenvalue weighted by molar-refractivity contribution is 6.00. The van der Waals surface area contributed by atoms with Crippen molar-refractivity contribution in [1.29, 1.82) is 0 Å². The third-order valence-electron chi connectivity index (χ3n) is 2.48. The first-order valence-electron chi connectivity index (χ1n) is 5.31. The van der Waals surface area contributed by atoms with Gasteiger partial charge < -0.3 is 4.57 Å². The molecule has 16 heavy (non-hydrogen) atoms. The van der Waals surface area contributed by atoms with Crippen LogP contribution in [0.15, 0.2) is 43.0 Å². The second-order valence-corrected chi connectivity index (χ2v) is 4.01. The Kier molecular flexibility index (Phi) is 2.86. The van der Waals surface area contributed by atoms with Crippen molar-refractivity contribution in [1.82, 2.24) is 9.55 Å². The molecule has 1 aromatic carbocycles. The molecule has 1 aromatic heterocycles. The Morgan fingerprint density at radius 1 is 1.31 bits per heavy atom. The normalized spacial score (nSPS) is 10.7. The number of imidazole rings is 1. The summed E-state index contributed by atoms with van der Waals surface area (Å²) in [5, 5.41) is 0. The van der Waals surface area contributed by atoms with Gasteiger partial charge in [0.1, 0.15) is 0 Å². The van der Waals surface area contributed by atoms with E-state index in [1.807, 2.05) is 48.9 Å². The van der Waals surface area contributed by atoms with Gasteiger partial charge in [-0.2, -0.15) is 0 Å². The Labute approximate surface area is 94.7 Å². The highest BCUT2D eigenvalue weighted by atomic mass is 16.1. The molecule has 0 atom stereocenters. The van der Waals surface area contributed by atoms with Crippen molar-refractivity contribution in [2.24, 2.45) is 5.92 Å². The number of Topliss-reactive ketones (excluding diaryl/α,β-unsaturated/α-hetero) is 1. The van der Waals surface area contributed by atoms with Gasteiger partial charge in [-0.3, -0.25) is 4.79 Å². The molecule has 2 rings (SSSR count). The number of nitrogens with zero attached hydrogens (tertiary/aromatic N) is 2. The van der Waals surface area contributed by atoms with Gasteiger partial charge in [-0.25, -0.2) is 4.98 Å². The summed E-state index contributed by atoms with van der Waals surface area (Å²) in [5.41, 5.74) is 1.63. The third kappa shape index (κ3) is 1.89. The average Bonchev–Trinajstić information content (AvgIpc) is 2.81. The van der Waals surface area contributed by atoms with Gasteiger partial charge in [0.2, 0.25) is 0 Å². The minimum absolute atomic E-state index is 0.00433. The van der Waals surface area contributed by atoms with E-state index in [1.165, 1.54) is 0 Å². The summed E-state index contributed by atoms with van der Waals surface area (Å²) in [4.78, 5) is 16.0. The lowest BCUT2D eigenvalue weighted by Gasteiger charge is -2.10. The summed E-state index contributed by atoms with van der Waals surface area (Å²) in [5.74, 6) is 0.161. The fraction of sp³-hybridized carbons (Fsp3) is 0.231. The van der Waals surface area contributed by atoms with Crippen molar-refractivity contribution in [2.45, 2.75) is 13.8 Å². The number of hydrogen-bond acceptors (Lipinski definition) is 2. The fourth-order valence-electron chi connectivity index (χ4n) is 1.62. The van der Waals surface area contributed by atoms with E-state index >= 15 is 0 Å². The molecule has 0 amide bonds. The second-order valence-electron chi connectivity index (χ2n) is 4.01. The molecule has 82 valence electrons. The summed E-state index contributed by atoms with van der Waals surface area (Å²) in [6.45, 7) is 3.82. The number of carbonyl (C=O) groups excluding carboxylic acids is 1. The highest BCUT2D eigenvalue weighted by Crippen LogP contribution is 2.17. The van der Waals surface area contributed by atoms with Crippen molar-refractivity contribution in [3.63, 3.8) is 0 Å². The van der Waals surface area contributed by atoms with Crippen LogP contribution in [0.1, 0.15) is 24.2 Å². The van der Waals surface area contributed by atoms with Gasteiger partial charge in [0.05, 0.1) is 12.0 Å². The summed E-state index contributed by atoms with van der Waals surface area (Å²) < 4.78 is 1.86. The van der Waals surface area contributed by atoms with E-state index < -0.39 is 0 Å². The Balaban J connectivity index is 2.51. The first-order chi connectivity index (χ1) is 7.70. The molecule has 0 aliphatic carbocycles. The number of aromatic nitrogens is 2. The van der Waals surface area contributed by atoms with Crippen molar-refractivity contribution in [3.8, 4) is 5.69 Å². The lowest BCUT2D eigenvalue weighted by Crippen LogP contribution is -2.11. The smallest absolute Gasteiger partial charge is 0.167 e. The zero-order valence-electron chi connectivity index (χ0n) is 9.42. The third-order valence-corrected chi connectivity index (χ3v) is 2.48. The fourth-order valence-corrected chi connectivity index (χ4v) is 1.62. The van der Waals surface area contributed by atoms with Crippen molar-refractivity contribution >= 4 is 5.78 Å². The molecule has 0 radical (unpaired) electrons. The van der Waals surface area contributed by atoms with E-state index in [0.717, 1.165) is 11.3 Å². The molecule has 2 aromatic rings. The lowest BCUT2D eigenvalue weighted by atomic mass is 9.99. The topological polar surface area (TPSA) is 34.9 Å². The van der Waals surface area contributed by atoms with Crippen LogP contribution in [0.2, 0.25) is 0 Å². The molecule has 0 unspecified atom stereocenters. The zero-order valence-corrected chi connectivity index (χ0v) is 9.42. The Morgan fingerprint density at radius 2 is 2.06 bits per heavy atom. The maximum atomic E-state index is 12.0. The first-order valence-corrected chi connectivity index (χ1v) is 5.31. The molecule has 0 aliphatic heterocycles. The maximum Gasteiger partial charge on any atom is 0.167 e. The molecule has 0 saturated heterocycles. The predicted molar refractivity (Wildman–Crippen MR) is 62.7 cm³/mol. The van der Waals surface area contributed by atoms with E-state index in [4.69, 9.17) is 0 Å². The van der Waals surface area contributed by atoms with Gasteiger partial charge in [-0.05, 0) is 12.1 Å². The minimum Gasteiger partial charge on any atom is -0.306 e. The zero-order chi connectivity index (χ0) is 11.5. The van der Waals surface area contributed by atoms with Gasteiger partial charge >= 0.3 is 0 Å². The van der Waals surface area contributed by atoms with Crippen LogP contribution in [0.4, 0.5) is 0 Å². The highest BCUT2D eigenvalue weighted by Gasteiger charge is 2.14. The maximum absolute atomic E-state index is 12.0. The molecular weight excluding hydrogens is 200 g/mol. The van der Waals surface area contributed by atoms with Gasteiger partial charge in [0.25, 0.3) is 0 Å². The Hall–Kier alpha value is -1.90. The van der Waals surface area contributed by atoms with E-state index in [1.54, 1.807) is 12.5 Å². The molecule has 0 fully saturated rings. The van der Waals surface area contributed by atoms with Crippen LogP contribution in [0, 0.1) is 5.92 Å². The number of ketones is 1. The van der Waals surface area contributed by atoms with Gasteiger partial charge in [-0.1, -0.05) is 26.0 Å². The summed E-state index contributed by atoms with van der Waals surface area (Å²) in [6.07, 6.45) is 5.25. The predicted octanol–water partition coefficient (Wildman–Crippen LogP) is 2.71. The molecule has 3 heteroatoms. The van der Waals surface area contributed by atoms with Crippen LogP contribution in [-0.4, -0.2) is 15.3 Å².